The molecule has 1 fully saturated rings. The van der Waals surface area contributed by atoms with Crippen LogP contribution in [0.3, 0.4) is 0 Å². The van der Waals surface area contributed by atoms with Crippen molar-refractivity contribution in [2.45, 2.75) is 18.1 Å². The number of nitrogens with one attached hydrogen (secondary N) is 1. The molecule has 0 bridgehead atoms. The molecule has 0 aromatic rings. The van der Waals surface area contributed by atoms with Crippen LogP contribution in [0.4, 0.5) is 0 Å². The monoisotopic (exact) mass is 254 g/mol. The van der Waals surface area contributed by atoms with Crippen LogP contribution in [0.15, 0.2) is 0 Å². The van der Waals surface area contributed by atoms with E-state index >= 15 is 0 Å². The van der Waals surface area contributed by atoms with E-state index in [0.717, 1.165) is 12.2 Å². The Morgan fingerprint density at radius 2 is 2.36 bits per heavy atom. The van der Waals surface area contributed by atoms with Gasteiger partial charge in [-0.3, -0.25) is 0 Å². The second-order valence-corrected chi connectivity index (χ2v) is 6.95. The van der Waals surface area contributed by atoms with Crippen molar-refractivity contribution in [3.63, 3.8) is 0 Å². The van der Waals surface area contributed by atoms with Crippen molar-refractivity contribution in [3.8, 4) is 0 Å². The predicted octanol–water partition coefficient (Wildman–Crippen LogP) is 0.0875. The lowest BCUT2D eigenvalue weighted by molar-refractivity contribution is 0.583. The highest BCUT2D eigenvalue weighted by Crippen LogP contribution is 2.25. The van der Waals surface area contributed by atoms with Gasteiger partial charge >= 0.3 is 0 Å². The zero-order valence-electron chi connectivity index (χ0n) is 7.73. The Hall–Kier alpha value is 0.150. The van der Waals surface area contributed by atoms with Crippen molar-refractivity contribution in [1.82, 2.24) is 4.72 Å². The van der Waals surface area contributed by atoms with Crippen LogP contribution in [0.2, 0.25) is 0 Å². The molecule has 1 aliphatic heterocycles. The molecule has 1 atom stereocenters. The van der Waals surface area contributed by atoms with E-state index in [-0.39, 0.29) is 10.7 Å². The van der Waals surface area contributed by atoms with Crippen molar-refractivity contribution >= 4 is 39.0 Å². The summed E-state index contributed by atoms with van der Waals surface area (Å²) in [6.45, 7) is 0.496. The Morgan fingerprint density at radius 1 is 1.64 bits per heavy atom. The minimum Gasteiger partial charge on any atom is -0.392 e. The molecule has 1 aliphatic rings. The van der Waals surface area contributed by atoms with Crippen molar-refractivity contribution in [2.24, 2.45) is 5.73 Å². The number of thioether (sulfide) groups is 1. The van der Waals surface area contributed by atoms with Crippen LogP contribution >= 0.6 is 24.0 Å². The summed E-state index contributed by atoms with van der Waals surface area (Å²) in [6, 6.07) is 0. The van der Waals surface area contributed by atoms with E-state index in [2.05, 4.69) is 16.9 Å². The number of sulfonamides is 1. The van der Waals surface area contributed by atoms with Gasteiger partial charge in [0.2, 0.25) is 10.0 Å². The van der Waals surface area contributed by atoms with Crippen LogP contribution in [0.25, 0.3) is 0 Å². The standard InChI is InChI=1S/C7H14N2O2S3/c8-7(12)5-14(10,11)9-4-6-2-1-3-13-6/h6,9H,1-5H2,(H2,8,12). The Morgan fingerprint density at radius 3 is 2.86 bits per heavy atom. The molecular weight excluding hydrogens is 240 g/mol. The molecular formula is C7H14N2O2S3. The van der Waals surface area contributed by atoms with E-state index < -0.39 is 10.0 Å². The highest BCUT2D eigenvalue weighted by atomic mass is 32.2. The summed E-state index contributed by atoms with van der Waals surface area (Å²) in [5.41, 5.74) is 5.17. The Kier molecular flexibility index (Phi) is 4.62. The first-order chi connectivity index (χ1) is 6.49. The molecule has 0 aromatic heterocycles. The number of nitrogens with two attached hydrogens (primary N) is 1. The zero-order chi connectivity index (χ0) is 10.6. The molecule has 1 heterocycles. The normalized spacial score (nSPS) is 22.4. The molecule has 3 N–H and O–H groups in total. The molecule has 0 aromatic carbocycles. The summed E-state index contributed by atoms with van der Waals surface area (Å²) in [7, 11) is -3.30. The lowest BCUT2D eigenvalue weighted by atomic mass is 10.2. The second-order valence-electron chi connectivity index (χ2n) is 3.21. The van der Waals surface area contributed by atoms with E-state index in [0.29, 0.717) is 11.8 Å². The van der Waals surface area contributed by atoms with Gasteiger partial charge in [-0.05, 0) is 18.6 Å². The van der Waals surface area contributed by atoms with Crippen molar-refractivity contribution in [3.05, 3.63) is 0 Å². The van der Waals surface area contributed by atoms with Gasteiger partial charge < -0.3 is 5.73 Å². The van der Waals surface area contributed by atoms with Gasteiger partial charge in [-0.25, -0.2) is 13.1 Å². The Labute approximate surface area is 94.1 Å². The highest BCUT2D eigenvalue weighted by Gasteiger charge is 2.18. The van der Waals surface area contributed by atoms with Gasteiger partial charge in [-0.15, -0.1) is 0 Å². The molecule has 0 spiro atoms. The third kappa shape index (κ3) is 4.59. The summed E-state index contributed by atoms with van der Waals surface area (Å²) in [6.07, 6.45) is 2.26. The molecule has 14 heavy (non-hydrogen) atoms. The minimum atomic E-state index is -3.30. The van der Waals surface area contributed by atoms with Crippen LogP contribution in [0.5, 0.6) is 0 Å². The topological polar surface area (TPSA) is 72.2 Å². The highest BCUT2D eigenvalue weighted by molar-refractivity contribution is 8.00. The fourth-order valence-electron chi connectivity index (χ4n) is 1.26. The second kappa shape index (κ2) is 5.29. The SMILES string of the molecule is NC(=S)CS(=O)(=O)NCC1CCCS1. The fraction of sp³-hybridized carbons (Fsp3) is 0.857. The number of rotatable bonds is 5. The van der Waals surface area contributed by atoms with Gasteiger partial charge in [0.15, 0.2) is 0 Å². The first kappa shape index (κ1) is 12.2. The van der Waals surface area contributed by atoms with Gasteiger partial charge in [0.05, 0.1) is 4.99 Å². The first-order valence-corrected chi connectivity index (χ1v) is 7.48. The quantitative estimate of drug-likeness (QED) is 0.680. The third-order valence-corrected chi connectivity index (χ3v) is 4.91. The zero-order valence-corrected chi connectivity index (χ0v) is 10.2. The Balaban J connectivity index is 2.32. The summed E-state index contributed by atoms with van der Waals surface area (Å²) in [4.78, 5) is 0.0107. The van der Waals surface area contributed by atoms with Gasteiger partial charge in [0.1, 0.15) is 5.75 Å². The number of hydrogen-bond donors (Lipinski definition) is 2. The average molecular weight is 254 g/mol. The number of thiocarbonyl (C=S) groups is 1. The lowest BCUT2D eigenvalue weighted by Gasteiger charge is -2.09. The fourth-order valence-corrected chi connectivity index (χ4v) is 3.97. The Bertz CT molecular complexity index is 296. The minimum absolute atomic E-state index is 0.0107. The van der Waals surface area contributed by atoms with Crippen molar-refractivity contribution < 1.29 is 8.42 Å². The van der Waals surface area contributed by atoms with Crippen LogP contribution in [0.1, 0.15) is 12.8 Å². The average Bonchev–Trinajstić information content (AvgIpc) is 2.50. The first-order valence-electron chi connectivity index (χ1n) is 4.37. The molecule has 0 radical (unpaired) electrons. The summed E-state index contributed by atoms with van der Waals surface area (Å²) in [5.74, 6) is 0.876. The van der Waals surface area contributed by atoms with E-state index in [1.165, 1.54) is 6.42 Å². The van der Waals surface area contributed by atoms with E-state index in [9.17, 15) is 8.42 Å². The maximum Gasteiger partial charge on any atom is 0.218 e. The predicted molar refractivity (Wildman–Crippen MR) is 64.1 cm³/mol. The summed E-state index contributed by atoms with van der Waals surface area (Å²) < 4.78 is 25.1. The molecule has 7 heteroatoms. The van der Waals surface area contributed by atoms with Crippen LogP contribution in [0, 0.1) is 0 Å². The van der Waals surface area contributed by atoms with Gasteiger partial charge in [0.25, 0.3) is 0 Å². The molecule has 4 nitrogen and oxygen atoms in total. The van der Waals surface area contributed by atoms with Crippen LogP contribution in [-0.2, 0) is 10.0 Å². The maximum atomic E-state index is 11.3. The van der Waals surface area contributed by atoms with Crippen LogP contribution < -0.4 is 10.5 Å². The molecule has 82 valence electrons. The van der Waals surface area contributed by atoms with Crippen LogP contribution in [-0.4, -0.2) is 36.7 Å². The van der Waals surface area contributed by atoms with Gasteiger partial charge in [-0.1, -0.05) is 12.2 Å². The molecule has 1 saturated heterocycles. The number of hydrogen-bond acceptors (Lipinski definition) is 4. The molecule has 1 unspecified atom stereocenters. The maximum absolute atomic E-state index is 11.3. The molecule has 1 rings (SSSR count). The lowest BCUT2D eigenvalue weighted by Crippen LogP contribution is -2.35. The largest absolute Gasteiger partial charge is 0.392 e. The van der Waals surface area contributed by atoms with Crippen molar-refractivity contribution in [1.29, 1.82) is 0 Å². The van der Waals surface area contributed by atoms with E-state index in [1.807, 2.05) is 11.8 Å². The summed E-state index contributed by atoms with van der Waals surface area (Å²) >= 11 is 6.36. The summed E-state index contributed by atoms with van der Waals surface area (Å²) in [5, 5.41) is 0.413. The molecule has 0 amide bonds. The van der Waals surface area contributed by atoms with E-state index in [4.69, 9.17) is 5.73 Å². The van der Waals surface area contributed by atoms with Crippen molar-refractivity contribution in [2.75, 3.05) is 18.1 Å². The molecule has 0 aliphatic carbocycles. The smallest absolute Gasteiger partial charge is 0.218 e. The van der Waals surface area contributed by atoms with Gasteiger partial charge in [-0.2, -0.15) is 11.8 Å². The van der Waals surface area contributed by atoms with Gasteiger partial charge in [0, 0.05) is 11.8 Å². The third-order valence-electron chi connectivity index (χ3n) is 1.89. The molecule has 0 saturated carbocycles. The van der Waals surface area contributed by atoms with E-state index in [1.54, 1.807) is 0 Å².